The van der Waals surface area contributed by atoms with Crippen molar-refractivity contribution in [1.29, 1.82) is 0 Å². The quantitative estimate of drug-likeness (QED) is 0.665. The average Bonchev–Trinajstić information content (AvgIpc) is 2.49. The van der Waals surface area contributed by atoms with E-state index >= 15 is 0 Å². The molecule has 0 saturated carbocycles. The first-order valence-corrected chi connectivity index (χ1v) is 4.01. The predicted octanol–water partition coefficient (Wildman–Crippen LogP) is 1.00. The molecular formula is C9H13NO2. The fraction of sp³-hybridized carbons (Fsp3) is 0.444. The second-order valence-corrected chi connectivity index (χ2v) is 2.71. The van der Waals surface area contributed by atoms with Gasteiger partial charge in [-0.1, -0.05) is 0 Å². The molecule has 1 N–H and O–H groups in total. The molecule has 1 aromatic heterocycles. The number of carbonyl (C=O) groups excluding carboxylic acids is 1. The Bertz CT molecular complexity index is 229. The monoisotopic (exact) mass is 167 g/mol. The highest BCUT2D eigenvalue weighted by Gasteiger charge is 1.95. The highest BCUT2D eigenvalue weighted by molar-refractivity contribution is 5.77. The maximum Gasteiger partial charge on any atom is 0.143 e. The zero-order valence-electron chi connectivity index (χ0n) is 7.17. The van der Waals surface area contributed by atoms with Gasteiger partial charge in [-0.15, -0.1) is 0 Å². The van der Waals surface area contributed by atoms with Crippen LogP contribution in [0.25, 0.3) is 0 Å². The molecule has 3 heteroatoms. The first-order valence-electron chi connectivity index (χ1n) is 4.01. The zero-order chi connectivity index (χ0) is 8.81. The summed E-state index contributed by atoms with van der Waals surface area (Å²) in [5.74, 6) is 1.11. The molecule has 0 radical (unpaired) electrons. The Morgan fingerprint density at radius 1 is 1.67 bits per heavy atom. The Hall–Kier alpha value is -1.09. The van der Waals surface area contributed by atoms with Gasteiger partial charge in [0.25, 0.3) is 0 Å². The van der Waals surface area contributed by atoms with Gasteiger partial charge in [0.15, 0.2) is 0 Å². The molecule has 0 bridgehead atoms. The van der Waals surface area contributed by atoms with Gasteiger partial charge in [0.2, 0.25) is 0 Å². The van der Waals surface area contributed by atoms with Gasteiger partial charge in [-0.2, -0.15) is 0 Å². The largest absolute Gasteiger partial charge is 0.469 e. The van der Waals surface area contributed by atoms with Crippen LogP contribution in [0.15, 0.2) is 22.8 Å². The van der Waals surface area contributed by atoms with Crippen molar-refractivity contribution in [2.75, 3.05) is 13.1 Å². The highest BCUT2D eigenvalue weighted by Crippen LogP contribution is 1.98. The van der Waals surface area contributed by atoms with E-state index in [0.29, 0.717) is 6.54 Å². The summed E-state index contributed by atoms with van der Waals surface area (Å²) in [5.41, 5.74) is 0. The number of carbonyl (C=O) groups is 1. The van der Waals surface area contributed by atoms with E-state index in [1.54, 1.807) is 13.2 Å². The van der Waals surface area contributed by atoms with Crippen molar-refractivity contribution in [1.82, 2.24) is 5.32 Å². The number of ketones is 1. The summed E-state index contributed by atoms with van der Waals surface area (Å²) in [6.45, 7) is 2.80. The van der Waals surface area contributed by atoms with Crippen LogP contribution in [-0.2, 0) is 11.2 Å². The molecule has 0 aliphatic heterocycles. The minimum Gasteiger partial charge on any atom is -0.469 e. The summed E-state index contributed by atoms with van der Waals surface area (Å²) in [4.78, 5) is 10.5. The Balaban J connectivity index is 2.07. The molecule has 0 unspecified atom stereocenters. The van der Waals surface area contributed by atoms with Crippen LogP contribution in [0.1, 0.15) is 12.7 Å². The van der Waals surface area contributed by atoms with Crippen LogP contribution in [0.4, 0.5) is 0 Å². The summed E-state index contributed by atoms with van der Waals surface area (Å²) in [7, 11) is 0. The number of rotatable bonds is 5. The lowest BCUT2D eigenvalue weighted by Gasteiger charge is -1.98. The summed E-state index contributed by atoms with van der Waals surface area (Å²) >= 11 is 0. The Labute approximate surface area is 71.8 Å². The van der Waals surface area contributed by atoms with E-state index in [0.717, 1.165) is 18.7 Å². The van der Waals surface area contributed by atoms with E-state index in [-0.39, 0.29) is 5.78 Å². The molecule has 0 aliphatic rings. The molecule has 66 valence electrons. The van der Waals surface area contributed by atoms with Crippen molar-refractivity contribution < 1.29 is 9.21 Å². The molecule has 0 spiro atoms. The summed E-state index contributed by atoms with van der Waals surface area (Å²) < 4.78 is 5.12. The lowest BCUT2D eigenvalue weighted by molar-refractivity contribution is -0.116. The van der Waals surface area contributed by atoms with Crippen LogP contribution in [0, 0.1) is 0 Å². The lowest BCUT2D eigenvalue weighted by Crippen LogP contribution is -2.23. The molecule has 0 amide bonds. The van der Waals surface area contributed by atoms with E-state index in [1.807, 2.05) is 12.1 Å². The van der Waals surface area contributed by atoms with Gasteiger partial charge in [0, 0.05) is 13.0 Å². The third-order valence-corrected chi connectivity index (χ3v) is 1.50. The van der Waals surface area contributed by atoms with Gasteiger partial charge in [-0.25, -0.2) is 0 Å². The van der Waals surface area contributed by atoms with Crippen molar-refractivity contribution >= 4 is 5.78 Å². The highest BCUT2D eigenvalue weighted by atomic mass is 16.3. The number of Topliss-reactive ketones (excluding diaryl/α,β-unsaturated/α-hetero) is 1. The molecule has 0 aliphatic carbocycles. The lowest BCUT2D eigenvalue weighted by atomic mass is 10.3. The Kier molecular flexibility index (Phi) is 3.54. The molecule has 0 fully saturated rings. The fourth-order valence-electron chi connectivity index (χ4n) is 0.931. The molecule has 0 aromatic carbocycles. The summed E-state index contributed by atoms with van der Waals surface area (Å²) in [6, 6.07) is 3.79. The van der Waals surface area contributed by atoms with Gasteiger partial charge in [0.05, 0.1) is 12.8 Å². The number of hydrogen-bond donors (Lipinski definition) is 1. The smallest absolute Gasteiger partial charge is 0.143 e. The summed E-state index contributed by atoms with van der Waals surface area (Å²) in [6.07, 6.45) is 2.49. The van der Waals surface area contributed by atoms with Crippen molar-refractivity contribution in [3.8, 4) is 0 Å². The normalized spacial score (nSPS) is 10.1. The average molecular weight is 167 g/mol. The van der Waals surface area contributed by atoms with Crippen molar-refractivity contribution in [3.05, 3.63) is 24.2 Å². The van der Waals surface area contributed by atoms with Crippen molar-refractivity contribution in [2.45, 2.75) is 13.3 Å². The molecule has 1 aromatic rings. The third kappa shape index (κ3) is 3.34. The first-order chi connectivity index (χ1) is 5.79. The molecule has 0 atom stereocenters. The number of hydrogen-bond acceptors (Lipinski definition) is 3. The van der Waals surface area contributed by atoms with Crippen LogP contribution in [-0.4, -0.2) is 18.9 Å². The van der Waals surface area contributed by atoms with E-state index in [9.17, 15) is 4.79 Å². The maximum absolute atomic E-state index is 10.5. The standard InChI is InChI=1S/C9H13NO2/c1-8(11)7-10-5-4-9-3-2-6-12-9/h2-3,6,10H,4-5,7H2,1H3. The molecule has 1 heterocycles. The predicted molar refractivity (Wildman–Crippen MR) is 46.0 cm³/mol. The van der Waals surface area contributed by atoms with Crippen LogP contribution in [0.3, 0.4) is 0 Å². The van der Waals surface area contributed by atoms with Crippen LogP contribution in [0.2, 0.25) is 0 Å². The van der Waals surface area contributed by atoms with Crippen molar-refractivity contribution in [2.24, 2.45) is 0 Å². The van der Waals surface area contributed by atoms with Crippen LogP contribution < -0.4 is 5.32 Å². The van der Waals surface area contributed by atoms with Crippen molar-refractivity contribution in [3.63, 3.8) is 0 Å². The van der Waals surface area contributed by atoms with Gasteiger partial charge >= 0.3 is 0 Å². The van der Waals surface area contributed by atoms with E-state index in [4.69, 9.17) is 4.42 Å². The maximum atomic E-state index is 10.5. The second kappa shape index (κ2) is 4.72. The van der Waals surface area contributed by atoms with Crippen LogP contribution in [0.5, 0.6) is 0 Å². The van der Waals surface area contributed by atoms with Gasteiger partial charge in [0.1, 0.15) is 11.5 Å². The second-order valence-electron chi connectivity index (χ2n) is 2.71. The number of furan rings is 1. The van der Waals surface area contributed by atoms with E-state index in [1.165, 1.54) is 0 Å². The third-order valence-electron chi connectivity index (χ3n) is 1.50. The summed E-state index contributed by atoms with van der Waals surface area (Å²) in [5, 5.41) is 3.01. The molecule has 0 saturated heterocycles. The molecule has 1 rings (SSSR count). The Morgan fingerprint density at radius 2 is 2.50 bits per heavy atom. The topological polar surface area (TPSA) is 42.2 Å². The molecule has 3 nitrogen and oxygen atoms in total. The van der Waals surface area contributed by atoms with E-state index in [2.05, 4.69) is 5.32 Å². The fourth-order valence-corrected chi connectivity index (χ4v) is 0.931. The zero-order valence-corrected chi connectivity index (χ0v) is 7.17. The minimum absolute atomic E-state index is 0.162. The van der Waals surface area contributed by atoms with E-state index < -0.39 is 0 Å². The SMILES string of the molecule is CC(=O)CNCCc1ccco1. The molecule has 12 heavy (non-hydrogen) atoms. The molecular weight excluding hydrogens is 154 g/mol. The Morgan fingerprint density at radius 3 is 3.08 bits per heavy atom. The van der Waals surface area contributed by atoms with Crippen LogP contribution >= 0.6 is 0 Å². The minimum atomic E-state index is 0.162. The van der Waals surface area contributed by atoms with Gasteiger partial charge in [-0.05, 0) is 19.1 Å². The van der Waals surface area contributed by atoms with Gasteiger partial charge < -0.3 is 9.73 Å². The first kappa shape index (κ1) is 9.00. The number of nitrogens with one attached hydrogen (secondary N) is 1. The van der Waals surface area contributed by atoms with Gasteiger partial charge in [-0.3, -0.25) is 4.79 Å².